The predicted molar refractivity (Wildman–Crippen MR) is 74.8 cm³/mol. The summed E-state index contributed by atoms with van der Waals surface area (Å²) in [4.78, 5) is 18.1. The van der Waals surface area contributed by atoms with Gasteiger partial charge >= 0.3 is 0 Å². The van der Waals surface area contributed by atoms with E-state index in [2.05, 4.69) is 4.98 Å². The highest BCUT2D eigenvalue weighted by molar-refractivity contribution is 7.10. The first kappa shape index (κ1) is 12.9. The number of likely N-dealkylation sites (N-methyl/N-ethyl adjacent to an activating group) is 1. The van der Waals surface area contributed by atoms with Gasteiger partial charge in [0.25, 0.3) is 0 Å². The molecule has 2 rings (SSSR count). The van der Waals surface area contributed by atoms with Crippen LogP contribution in [0.4, 0.5) is 0 Å². The van der Waals surface area contributed by atoms with Crippen LogP contribution in [0.25, 0.3) is 11.3 Å². The van der Waals surface area contributed by atoms with Crippen molar-refractivity contribution in [2.24, 2.45) is 0 Å². The van der Waals surface area contributed by atoms with E-state index < -0.39 is 0 Å². The first-order valence-electron chi connectivity index (χ1n) is 5.81. The molecule has 94 valence electrons. The predicted octanol–water partition coefficient (Wildman–Crippen LogP) is 2.48. The lowest BCUT2D eigenvalue weighted by atomic mass is 10.2. The molecule has 0 spiro atoms. The van der Waals surface area contributed by atoms with Crippen LogP contribution in [-0.2, 0) is 11.2 Å². The number of hydrogen-bond acceptors (Lipinski definition) is 4. The summed E-state index contributed by atoms with van der Waals surface area (Å²) in [5.41, 5.74) is 2.05. The molecule has 3 nitrogen and oxygen atoms in total. The molecule has 0 saturated carbocycles. The summed E-state index contributed by atoms with van der Waals surface area (Å²) in [7, 11) is 3.80. The Balaban J connectivity index is 2.05. The second-order valence-corrected chi connectivity index (χ2v) is 5.39. The molecule has 0 radical (unpaired) electrons. The second-order valence-electron chi connectivity index (χ2n) is 4.45. The minimum Gasteiger partial charge on any atom is -0.302 e. The Labute approximate surface area is 111 Å². The van der Waals surface area contributed by atoms with Crippen LogP contribution in [0.1, 0.15) is 5.01 Å². The van der Waals surface area contributed by atoms with E-state index in [1.54, 1.807) is 11.3 Å². The first-order valence-corrected chi connectivity index (χ1v) is 6.69. The third-order valence-electron chi connectivity index (χ3n) is 2.46. The molecule has 1 heterocycles. The lowest BCUT2D eigenvalue weighted by molar-refractivity contribution is -0.119. The van der Waals surface area contributed by atoms with Crippen LogP contribution >= 0.6 is 11.3 Å². The van der Waals surface area contributed by atoms with Crippen molar-refractivity contribution in [3.8, 4) is 11.3 Å². The van der Waals surface area contributed by atoms with Gasteiger partial charge in [0.05, 0.1) is 18.7 Å². The summed E-state index contributed by atoms with van der Waals surface area (Å²) in [6.07, 6.45) is 0.426. The summed E-state index contributed by atoms with van der Waals surface area (Å²) in [6, 6.07) is 10.0. The van der Waals surface area contributed by atoms with Crippen LogP contribution in [0.2, 0.25) is 0 Å². The first-order chi connectivity index (χ1) is 8.65. The molecule has 0 fully saturated rings. The van der Waals surface area contributed by atoms with E-state index in [-0.39, 0.29) is 5.78 Å². The van der Waals surface area contributed by atoms with Crippen LogP contribution in [0.3, 0.4) is 0 Å². The molecule has 4 heteroatoms. The maximum absolute atomic E-state index is 11.7. The summed E-state index contributed by atoms with van der Waals surface area (Å²) < 4.78 is 0. The largest absolute Gasteiger partial charge is 0.302 e. The van der Waals surface area contributed by atoms with Gasteiger partial charge < -0.3 is 4.90 Å². The Bertz CT molecular complexity index is 520. The average molecular weight is 260 g/mol. The van der Waals surface area contributed by atoms with Gasteiger partial charge in [-0.05, 0) is 14.1 Å². The number of benzene rings is 1. The van der Waals surface area contributed by atoms with Crippen molar-refractivity contribution < 1.29 is 4.79 Å². The average Bonchev–Trinajstić information content (AvgIpc) is 2.77. The molecule has 0 saturated heterocycles. The molecule has 18 heavy (non-hydrogen) atoms. The normalized spacial score (nSPS) is 10.8. The molecular weight excluding hydrogens is 244 g/mol. The van der Waals surface area contributed by atoms with E-state index in [0.717, 1.165) is 16.3 Å². The zero-order valence-corrected chi connectivity index (χ0v) is 11.4. The number of nitrogens with zero attached hydrogens (tertiary/aromatic N) is 2. The van der Waals surface area contributed by atoms with Crippen molar-refractivity contribution in [2.75, 3.05) is 20.6 Å². The summed E-state index contributed by atoms with van der Waals surface area (Å²) in [5, 5.41) is 2.90. The van der Waals surface area contributed by atoms with Crippen LogP contribution in [0, 0.1) is 0 Å². The fourth-order valence-electron chi connectivity index (χ4n) is 1.71. The Kier molecular flexibility index (Phi) is 4.23. The van der Waals surface area contributed by atoms with Gasteiger partial charge in [0.15, 0.2) is 5.78 Å². The zero-order valence-electron chi connectivity index (χ0n) is 10.6. The van der Waals surface area contributed by atoms with Crippen LogP contribution in [0.5, 0.6) is 0 Å². The third-order valence-corrected chi connectivity index (χ3v) is 3.31. The molecule has 0 aliphatic heterocycles. The molecular formula is C14H16N2OS. The van der Waals surface area contributed by atoms with Crippen molar-refractivity contribution >= 4 is 17.1 Å². The quantitative estimate of drug-likeness (QED) is 0.828. The van der Waals surface area contributed by atoms with Gasteiger partial charge in [-0.2, -0.15) is 0 Å². The zero-order chi connectivity index (χ0) is 13.0. The van der Waals surface area contributed by atoms with Gasteiger partial charge in [0.1, 0.15) is 5.01 Å². The van der Waals surface area contributed by atoms with Crippen molar-refractivity contribution in [3.63, 3.8) is 0 Å². The van der Waals surface area contributed by atoms with E-state index >= 15 is 0 Å². The van der Waals surface area contributed by atoms with Gasteiger partial charge in [0, 0.05) is 10.9 Å². The molecule has 0 aliphatic carbocycles. The van der Waals surface area contributed by atoms with Crippen molar-refractivity contribution in [2.45, 2.75) is 6.42 Å². The number of rotatable bonds is 5. The standard InChI is InChI=1S/C14H16N2OS/c1-16(2)9-12(17)8-14-15-13(10-18-14)11-6-4-3-5-7-11/h3-7,10H,8-9H2,1-2H3. The monoisotopic (exact) mass is 260 g/mol. The van der Waals surface area contributed by atoms with Crippen molar-refractivity contribution in [1.82, 2.24) is 9.88 Å². The third kappa shape index (κ3) is 3.48. The number of aromatic nitrogens is 1. The Morgan fingerprint density at radius 3 is 2.67 bits per heavy atom. The minimum atomic E-state index is 0.203. The number of hydrogen-bond donors (Lipinski definition) is 0. The van der Waals surface area contributed by atoms with Gasteiger partial charge in [-0.25, -0.2) is 4.98 Å². The van der Waals surface area contributed by atoms with Gasteiger partial charge in [0.2, 0.25) is 0 Å². The van der Waals surface area contributed by atoms with E-state index in [0.29, 0.717) is 13.0 Å². The smallest absolute Gasteiger partial charge is 0.153 e. The molecule has 0 amide bonds. The van der Waals surface area contributed by atoms with Crippen molar-refractivity contribution in [1.29, 1.82) is 0 Å². The number of carbonyl (C=O) groups is 1. The summed E-state index contributed by atoms with van der Waals surface area (Å²) >= 11 is 1.55. The molecule has 1 aromatic heterocycles. The van der Waals surface area contributed by atoms with Gasteiger partial charge in [-0.15, -0.1) is 11.3 Å². The Hall–Kier alpha value is -1.52. The highest BCUT2D eigenvalue weighted by Crippen LogP contribution is 2.21. The van der Waals surface area contributed by atoms with Crippen LogP contribution in [-0.4, -0.2) is 36.3 Å². The molecule has 0 bridgehead atoms. The molecule has 0 aliphatic rings. The van der Waals surface area contributed by atoms with Crippen LogP contribution < -0.4 is 0 Å². The highest BCUT2D eigenvalue weighted by atomic mass is 32.1. The lowest BCUT2D eigenvalue weighted by Gasteiger charge is -2.06. The molecule has 0 N–H and O–H groups in total. The SMILES string of the molecule is CN(C)CC(=O)Cc1nc(-c2ccccc2)cs1. The van der Waals surface area contributed by atoms with E-state index in [1.807, 2.05) is 54.7 Å². The van der Waals surface area contributed by atoms with Crippen molar-refractivity contribution in [3.05, 3.63) is 40.7 Å². The molecule has 0 unspecified atom stereocenters. The highest BCUT2D eigenvalue weighted by Gasteiger charge is 2.09. The van der Waals surface area contributed by atoms with E-state index in [4.69, 9.17) is 0 Å². The maximum Gasteiger partial charge on any atom is 0.153 e. The number of ketones is 1. The Morgan fingerprint density at radius 2 is 2.00 bits per heavy atom. The van der Waals surface area contributed by atoms with E-state index in [9.17, 15) is 4.79 Å². The Morgan fingerprint density at radius 1 is 1.28 bits per heavy atom. The van der Waals surface area contributed by atoms with Gasteiger partial charge in [-0.1, -0.05) is 30.3 Å². The topological polar surface area (TPSA) is 33.2 Å². The molecule has 0 atom stereocenters. The summed E-state index contributed by atoms with van der Waals surface area (Å²) in [5.74, 6) is 0.203. The minimum absolute atomic E-state index is 0.203. The fraction of sp³-hybridized carbons (Fsp3) is 0.286. The second kappa shape index (κ2) is 5.89. The summed E-state index contributed by atoms with van der Waals surface area (Å²) in [6.45, 7) is 0.472. The lowest BCUT2D eigenvalue weighted by Crippen LogP contribution is -2.22. The fourth-order valence-corrected chi connectivity index (χ4v) is 2.54. The molecule has 2 aromatic rings. The maximum atomic E-state index is 11.7. The number of carbonyl (C=O) groups excluding carboxylic acids is 1. The van der Waals surface area contributed by atoms with Crippen LogP contribution in [0.15, 0.2) is 35.7 Å². The van der Waals surface area contributed by atoms with Gasteiger partial charge in [-0.3, -0.25) is 4.79 Å². The molecule has 1 aromatic carbocycles. The number of Topliss-reactive ketones (excluding diaryl/α,β-unsaturated/α-hetero) is 1. The number of thiazole rings is 1. The van der Waals surface area contributed by atoms with E-state index in [1.165, 1.54) is 0 Å².